The Labute approximate surface area is 251 Å². The van der Waals surface area contributed by atoms with Gasteiger partial charge in [0.15, 0.2) is 0 Å². The molecule has 0 aliphatic rings. The predicted octanol–water partition coefficient (Wildman–Crippen LogP) is 8.00. The summed E-state index contributed by atoms with van der Waals surface area (Å²) in [6, 6.07) is 65.8. The van der Waals surface area contributed by atoms with Crippen molar-refractivity contribution in [2.45, 2.75) is 0 Å². The van der Waals surface area contributed by atoms with Crippen molar-refractivity contribution in [2.75, 3.05) is 0 Å². The van der Waals surface area contributed by atoms with Crippen LogP contribution in [0.2, 0.25) is 0 Å². The average molecular weight is 577 g/mol. The van der Waals surface area contributed by atoms with Crippen molar-refractivity contribution in [3.8, 4) is 0 Å². The van der Waals surface area contributed by atoms with E-state index in [0.29, 0.717) is 0 Å². The summed E-state index contributed by atoms with van der Waals surface area (Å²) >= 11 is 0. The lowest BCUT2D eigenvalue weighted by Crippen LogP contribution is -2.36. The third kappa shape index (κ3) is 4.68. The normalized spacial score (nSPS) is 11.5. The van der Waals surface area contributed by atoms with Crippen LogP contribution in [0.25, 0.3) is 0 Å². The number of rotatable bonds is 9. The summed E-state index contributed by atoms with van der Waals surface area (Å²) in [5.74, 6) is 0. The van der Waals surface area contributed by atoms with E-state index in [1.807, 2.05) is 0 Å². The maximum Gasteiger partial charge on any atom is 0.147 e. The quantitative estimate of drug-likeness (QED) is 0.121. The topological polar surface area (TPSA) is 0 Å². The first-order valence-corrected chi connectivity index (χ1v) is 17.8. The van der Waals surface area contributed by atoms with E-state index in [1.54, 1.807) is 0 Å². The first-order chi connectivity index (χ1) is 20.7. The van der Waals surface area contributed by atoms with Gasteiger partial charge in [-0.05, 0) is 72.8 Å². The van der Waals surface area contributed by atoms with Crippen LogP contribution in [-0.2, 0) is 0 Å². The number of allylic oxidation sites excluding steroid dienone is 2. The molecule has 0 saturated carbocycles. The van der Waals surface area contributed by atoms with Gasteiger partial charge in [-0.1, -0.05) is 122 Å². The Morgan fingerprint density at radius 2 is 0.405 bits per heavy atom. The number of hydrogen-bond acceptors (Lipinski definition) is 0. The molecule has 0 saturated heterocycles. The van der Waals surface area contributed by atoms with E-state index in [0.717, 1.165) is 10.6 Å². The summed E-state index contributed by atoms with van der Waals surface area (Å²) in [6.07, 6.45) is 0. The fourth-order valence-electron chi connectivity index (χ4n) is 6.13. The summed E-state index contributed by atoms with van der Waals surface area (Å²) in [5, 5.41) is 9.89. The average Bonchev–Trinajstić information content (AvgIpc) is 3.08. The minimum Gasteiger partial charge on any atom is -0.0620 e. The standard InChI is InChI=1S/C40H34P2/c1-33(41(35-21-9-3-10-22-35,36-23-11-4-12-24-36)37-25-13-5-14-26-37)34(2)42(38-27-15-6-16-28-38,39-29-17-7-18-30-39)40-31-19-8-20-32-40/h3-32H,1-2H2/q+2. The molecule has 0 nitrogen and oxygen atoms in total. The lowest BCUT2D eigenvalue weighted by molar-refractivity contribution is 1.68. The second kappa shape index (κ2) is 12.3. The van der Waals surface area contributed by atoms with Crippen molar-refractivity contribution in [3.05, 3.63) is 206 Å². The summed E-state index contributed by atoms with van der Waals surface area (Å²) in [6.45, 7) is 10.2. The van der Waals surface area contributed by atoms with E-state index in [2.05, 4.69) is 182 Å². The Hall–Kier alpha value is -4.34. The van der Waals surface area contributed by atoms with Gasteiger partial charge in [0.05, 0.1) is 0 Å². The molecule has 0 radical (unpaired) electrons. The minimum atomic E-state index is -2.42. The van der Waals surface area contributed by atoms with Gasteiger partial charge < -0.3 is 0 Å². The van der Waals surface area contributed by atoms with Crippen LogP contribution >= 0.6 is 14.5 Å². The fraction of sp³-hybridized carbons (Fsp3) is 0. The van der Waals surface area contributed by atoms with Crippen molar-refractivity contribution >= 4 is 46.4 Å². The molecule has 0 spiro atoms. The molecule has 202 valence electrons. The Bertz CT molecular complexity index is 1430. The van der Waals surface area contributed by atoms with Crippen LogP contribution in [0, 0.1) is 0 Å². The molecule has 6 aromatic rings. The lowest BCUT2D eigenvalue weighted by Gasteiger charge is -2.34. The SMILES string of the molecule is C=C(C(=C)[P+](c1ccccc1)(c1ccccc1)c1ccccc1)[P+](c1ccccc1)(c1ccccc1)c1ccccc1. The molecule has 0 unspecified atom stereocenters. The van der Waals surface area contributed by atoms with Crippen molar-refractivity contribution in [1.82, 2.24) is 0 Å². The lowest BCUT2D eigenvalue weighted by atomic mass is 10.3. The van der Waals surface area contributed by atoms with E-state index in [1.165, 1.54) is 31.8 Å². The molecule has 0 atom stereocenters. The van der Waals surface area contributed by atoms with Crippen molar-refractivity contribution in [2.24, 2.45) is 0 Å². The molecular weight excluding hydrogens is 542 g/mol. The highest BCUT2D eigenvalue weighted by Gasteiger charge is 2.58. The van der Waals surface area contributed by atoms with Crippen LogP contribution in [0.1, 0.15) is 0 Å². The second-order valence-electron chi connectivity index (χ2n) is 10.2. The molecule has 0 fully saturated rings. The Balaban J connectivity index is 1.72. The van der Waals surface area contributed by atoms with Crippen molar-refractivity contribution in [3.63, 3.8) is 0 Å². The molecule has 42 heavy (non-hydrogen) atoms. The summed E-state index contributed by atoms with van der Waals surface area (Å²) in [7, 11) is -4.85. The molecular formula is C40H34P2+2. The molecule has 0 heterocycles. The van der Waals surface area contributed by atoms with Gasteiger partial charge in [-0.15, -0.1) is 0 Å². The summed E-state index contributed by atoms with van der Waals surface area (Å²) < 4.78 is 0. The van der Waals surface area contributed by atoms with Crippen LogP contribution < -0.4 is 31.8 Å². The zero-order chi connectivity index (χ0) is 28.8. The van der Waals surface area contributed by atoms with E-state index in [4.69, 9.17) is 13.2 Å². The van der Waals surface area contributed by atoms with Gasteiger partial charge in [-0.3, -0.25) is 0 Å². The highest BCUT2D eigenvalue weighted by molar-refractivity contribution is 8.03. The van der Waals surface area contributed by atoms with Crippen LogP contribution in [0.15, 0.2) is 206 Å². The highest BCUT2D eigenvalue weighted by Crippen LogP contribution is 2.73. The third-order valence-electron chi connectivity index (χ3n) is 8.00. The monoisotopic (exact) mass is 576 g/mol. The van der Waals surface area contributed by atoms with Gasteiger partial charge in [0.25, 0.3) is 0 Å². The van der Waals surface area contributed by atoms with Gasteiger partial charge in [0.2, 0.25) is 0 Å². The van der Waals surface area contributed by atoms with E-state index in [-0.39, 0.29) is 0 Å². The Morgan fingerprint density at radius 3 is 0.548 bits per heavy atom. The van der Waals surface area contributed by atoms with E-state index >= 15 is 0 Å². The maximum absolute atomic E-state index is 5.08. The molecule has 2 heteroatoms. The van der Waals surface area contributed by atoms with Crippen LogP contribution in [-0.4, -0.2) is 0 Å². The molecule has 0 aliphatic heterocycles. The maximum atomic E-state index is 5.08. The molecule has 0 N–H and O–H groups in total. The van der Waals surface area contributed by atoms with Gasteiger partial charge in [-0.2, -0.15) is 0 Å². The van der Waals surface area contributed by atoms with Crippen molar-refractivity contribution in [1.29, 1.82) is 0 Å². The smallest absolute Gasteiger partial charge is 0.0620 e. The number of hydrogen-bond donors (Lipinski definition) is 0. The zero-order valence-electron chi connectivity index (χ0n) is 23.6. The Morgan fingerprint density at radius 1 is 0.262 bits per heavy atom. The summed E-state index contributed by atoms with van der Waals surface area (Å²) in [5.41, 5.74) is 0. The predicted molar refractivity (Wildman–Crippen MR) is 189 cm³/mol. The van der Waals surface area contributed by atoms with Gasteiger partial charge in [0, 0.05) is 0 Å². The van der Waals surface area contributed by atoms with Gasteiger partial charge in [0.1, 0.15) is 57.0 Å². The zero-order valence-corrected chi connectivity index (χ0v) is 25.4. The summed E-state index contributed by atoms with van der Waals surface area (Å²) in [4.78, 5) is 0. The van der Waals surface area contributed by atoms with Gasteiger partial charge in [-0.25, -0.2) is 0 Å². The van der Waals surface area contributed by atoms with Crippen LogP contribution in [0.3, 0.4) is 0 Å². The van der Waals surface area contributed by atoms with E-state index < -0.39 is 14.5 Å². The third-order valence-corrected chi connectivity index (χ3v) is 16.8. The molecule has 0 aromatic heterocycles. The fourth-order valence-corrected chi connectivity index (χ4v) is 15.2. The van der Waals surface area contributed by atoms with Crippen molar-refractivity contribution < 1.29 is 0 Å². The van der Waals surface area contributed by atoms with Gasteiger partial charge >= 0.3 is 0 Å². The first-order valence-electron chi connectivity index (χ1n) is 14.2. The molecule has 0 bridgehead atoms. The molecule has 6 rings (SSSR count). The molecule has 0 amide bonds. The molecule has 6 aromatic carbocycles. The second-order valence-corrected chi connectivity index (χ2v) is 17.1. The van der Waals surface area contributed by atoms with E-state index in [9.17, 15) is 0 Å². The number of benzene rings is 6. The largest absolute Gasteiger partial charge is 0.147 e. The van der Waals surface area contributed by atoms with Crippen LogP contribution in [0.4, 0.5) is 0 Å². The molecule has 0 aliphatic carbocycles. The highest BCUT2D eigenvalue weighted by atomic mass is 31.2. The van der Waals surface area contributed by atoms with Crippen LogP contribution in [0.5, 0.6) is 0 Å². The first kappa shape index (κ1) is 27.8. The minimum absolute atomic E-state index is 1.11. The Kier molecular flexibility index (Phi) is 8.12.